The minimum atomic E-state index is -0.786. The van der Waals surface area contributed by atoms with Crippen LogP contribution >= 0.6 is 0 Å². The average molecular weight is 287 g/mol. The van der Waals surface area contributed by atoms with Gasteiger partial charge in [0.25, 0.3) is 0 Å². The number of carbonyl (C=O) groups excluding carboxylic acids is 2. The molecule has 0 spiro atoms. The van der Waals surface area contributed by atoms with Crippen LogP contribution in [0.1, 0.15) is 41.5 Å². The van der Waals surface area contributed by atoms with Crippen LogP contribution in [0.3, 0.4) is 0 Å². The predicted octanol–water partition coefficient (Wildman–Crippen LogP) is 2.10. The van der Waals surface area contributed by atoms with Crippen LogP contribution in [-0.4, -0.2) is 49.7 Å². The number of amides is 1. The molecule has 0 aliphatic carbocycles. The van der Waals surface area contributed by atoms with E-state index in [-0.39, 0.29) is 18.6 Å². The summed E-state index contributed by atoms with van der Waals surface area (Å²) in [6.45, 7) is 12.4. The minimum Gasteiger partial charge on any atom is -0.465 e. The van der Waals surface area contributed by atoms with Crippen LogP contribution in [-0.2, 0) is 19.1 Å². The van der Waals surface area contributed by atoms with Gasteiger partial charge in [-0.1, -0.05) is 20.8 Å². The zero-order chi connectivity index (χ0) is 15.9. The smallest absolute Gasteiger partial charge is 0.319 e. The Hall–Kier alpha value is -1.10. The molecule has 0 bridgehead atoms. The van der Waals surface area contributed by atoms with Gasteiger partial charge in [-0.2, -0.15) is 0 Å². The Morgan fingerprint density at radius 2 is 1.75 bits per heavy atom. The molecule has 0 radical (unpaired) electrons. The third-order valence-electron chi connectivity index (χ3n) is 2.89. The number of hydrogen-bond donors (Lipinski definition) is 0. The molecule has 1 amide bonds. The van der Waals surface area contributed by atoms with Gasteiger partial charge in [-0.05, 0) is 26.2 Å². The fourth-order valence-corrected chi connectivity index (χ4v) is 1.81. The molecule has 118 valence electrons. The van der Waals surface area contributed by atoms with E-state index in [4.69, 9.17) is 9.47 Å². The number of nitrogens with zero attached hydrogens (tertiary/aromatic N) is 1. The molecule has 5 heteroatoms. The lowest BCUT2D eigenvalue weighted by molar-refractivity contribution is -0.160. The van der Waals surface area contributed by atoms with E-state index in [1.807, 2.05) is 34.6 Å². The van der Waals surface area contributed by atoms with Crippen molar-refractivity contribution in [1.82, 2.24) is 4.90 Å². The van der Waals surface area contributed by atoms with Crippen LogP contribution in [0.5, 0.6) is 0 Å². The van der Waals surface area contributed by atoms with Crippen molar-refractivity contribution in [3.63, 3.8) is 0 Å². The van der Waals surface area contributed by atoms with Crippen LogP contribution in [0.15, 0.2) is 0 Å². The van der Waals surface area contributed by atoms with E-state index in [1.165, 1.54) is 4.90 Å². The van der Waals surface area contributed by atoms with Gasteiger partial charge in [-0.15, -0.1) is 0 Å². The molecule has 0 aromatic heterocycles. The first-order valence-corrected chi connectivity index (χ1v) is 7.14. The molecule has 0 heterocycles. The summed E-state index contributed by atoms with van der Waals surface area (Å²) in [5, 5.41) is 0. The number of ether oxygens (including phenoxy) is 2. The lowest BCUT2D eigenvalue weighted by atomic mass is 9.80. The van der Waals surface area contributed by atoms with Crippen LogP contribution in [0.25, 0.3) is 0 Å². The molecule has 0 aliphatic heterocycles. The third kappa shape index (κ3) is 6.37. The van der Waals surface area contributed by atoms with E-state index >= 15 is 0 Å². The molecule has 20 heavy (non-hydrogen) atoms. The van der Waals surface area contributed by atoms with Crippen molar-refractivity contribution in [1.29, 1.82) is 0 Å². The van der Waals surface area contributed by atoms with Crippen LogP contribution < -0.4 is 0 Å². The lowest BCUT2D eigenvalue weighted by Gasteiger charge is -2.31. The molecule has 0 saturated carbocycles. The van der Waals surface area contributed by atoms with E-state index in [9.17, 15) is 9.59 Å². The largest absolute Gasteiger partial charge is 0.465 e. The summed E-state index contributed by atoms with van der Waals surface area (Å²) < 4.78 is 10.5. The Morgan fingerprint density at radius 3 is 2.15 bits per heavy atom. The van der Waals surface area contributed by atoms with Gasteiger partial charge in [0.2, 0.25) is 5.91 Å². The van der Waals surface area contributed by atoms with Crippen molar-refractivity contribution in [2.75, 3.05) is 26.8 Å². The van der Waals surface area contributed by atoms with Gasteiger partial charge >= 0.3 is 5.97 Å². The highest BCUT2D eigenvalue weighted by atomic mass is 16.5. The van der Waals surface area contributed by atoms with Crippen molar-refractivity contribution in [2.24, 2.45) is 11.3 Å². The van der Waals surface area contributed by atoms with Gasteiger partial charge in [0, 0.05) is 13.6 Å². The van der Waals surface area contributed by atoms with E-state index < -0.39 is 17.3 Å². The summed E-state index contributed by atoms with van der Waals surface area (Å²) >= 11 is 0. The topological polar surface area (TPSA) is 55.8 Å². The van der Waals surface area contributed by atoms with Gasteiger partial charge in [0.1, 0.15) is 5.92 Å². The maximum Gasteiger partial charge on any atom is 0.319 e. The number of carbonyl (C=O) groups is 2. The van der Waals surface area contributed by atoms with Crippen molar-refractivity contribution < 1.29 is 19.1 Å². The fourth-order valence-electron chi connectivity index (χ4n) is 1.81. The van der Waals surface area contributed by atoms with Crippen molar-refractivity contribution in [3.05, 3.63) is 0 Å². The van der Waals surface area contributed by atoms with Gasteiger partial charge in [0.05, 0.1) is 19.3 Å². The summed E-state index contributed by atoms with van der Waals surface area (Å²) in [5.74, 6) is -1.46. The second kappa shape index (κ2) is 8.25. The highest BCUT2D eigenvalue weighted by Crippen LogP contribution is 2.28. The van der Waals surface area contributed by atoms with Crippen molar-refractivity contribution in [2.45, 2.75) is 47.6 Å². The van der Waals surface area contributed by atoms with E-state index in [1.54, 1.807) is 14.0 Å². The van der Waals surface area contributed by atoms with Gasteiger partial charge in [-0.3, -0.25) is 9.59 Å². The Morgan fingerprint density at radius 1 is 1.20 bits per heavy atom. The Labute approximate surface area is 122 Å². The maximum absolute atomic E-state index is 12.5. The SMILES string of the molecule is CCOC(=O)C(C(=O)N(C)CCOC(C)C)C(C)(C)C. The number of rotatable bonds is 7. The summed E-state index contributed by atoms with van der Waals surface area (Å²) in [7, 11) is 1.68. The molecule has 5 nitrogen and oxygen atoms in total. The molecule has 0 rings (SSSR count). The number of likely N-dealkylation sites (N-methyl/N-ethyl adjacent to an activating group) is 1. The molecule has 0 aliphatic rings. The summed E-state index contributed by atoms with van der Waals surface area (Å²) in [5.41, 5.74) is -0.476. The Balaban J connectivity index is 4.74. The van der Waals surface area contributed by atoms with Crippen molar-refractivity contribution >= 4 is 11.9 Å². The molecule has 0 saturated heterocycles. The minimum absolute atomic E-state index is 0.127. The second-order valence-corrected chi connectivity index (χ2v) is 6.23. The van der Waals surface area contributed by atoms with E-state index in [2.05, 4.69) is 0 Å². The normalized spacial score (nSPS) is 13.2. The van der Waals surface area contributed by atoms with Crippen LogP contribution in [0, 0.1) is 11.3 Å². The van der Waals surface area contributed by atoms with Crippen LogP contribution in [0.4, 0.5) is 0 Å². The number of esters is 1. The molecular weight excluding hydrogens is 258 g/mol. The van der Waals surface area contributed by atoms with E-state index in [0.29, 0.717) is 13.2 Å². The van der Waals surface area contributed by atoms with Gasteiger partial charge < -0.3 is 14.4 Å². The zero-order valence-corrected chi connectivity index (χ0v) is 13.9. The Kier molecular flexibility index (Phi) is 7.79. The standard InChI is InChI=1S/C15H29NO4/c1-8-19-14(18)12(15(4,5)6)13(17)16(7)9-10-20-11(2)3/h11-12H,8-10H2,1-7H3. The third-order valence-corrected chi connectivity index (χ3v) is 2.89. The first kappa shape index (κ1) is 18.9. The molecule has 0 aromatic carbocycles. The zero-order valence-electron chi connectivity index (χ0n) is 13.9. The summed E-state index contributed by atoms with van der Waals surface area (Å²) in [4.78, 5) is 26.0. The molecule has 1 atom stereocenters. The van der Waals surface area contributed by atoms with Gasteiger partial charge in [0.15, 0.2) is 0 Å². The molecule has 0 fully saturated rings. The first-order valence-electron chi connectivity index (χ1n) is 7.14. The second-order valence-electron chi connectivity index (χ2n) is 6.23. The van der Waals surface area contributed by atoms with E-state index in [0.717, 1.165) is 0 Å². The van der Waals surface area contributed by atoms with Crippen molar-refractivity contribution in [3.8, 4) is 0 Å². The maximum atomic E-state index is 12.5. The summed E-state index contributed by atoms with van der Waals surface area (Å²) in [6.07, 6.45) is 0.127. The monoisotopic (exact) mass is 287 g/mol. The predicted molar refractivity (Wildman–Crippen MR) is 78.3 cm³/mol. The molecule has 1 unspecified atom stereocenters. The highest BCUT2D eigenvalue weighted by Gasteiger charge is 2.40. The van der Waals surface area contributed by atoms with Gasteiger partial charge in [-0.25, -0.2) is 0 Å². The molecule has 0 aromatic rings. The molecule has 0 N–H and O–H groups in total. The summed E-state index contributed by atoms with van der Waals surface area (Å²) in [6, 6.07) is 0. The Bertz CT molecular complexity index is 320. The average Bonchev–Trinajstić information content (AvgIpc) is 2.26. The lowest BCUT2D eigenvalue weighted by Crippen LogP contribution is -2.45. The number of hydrogen-bond acceptors (Lipinski definition) is 4. The quantitative estimate of drug-likeness (QED) is 0.531. The fraction of sp³-hybridized carbons (Fsp3) is 0.867. The molecular formula is C15H29NO4. The van der Waals surface area contributed by atoms with Crippen LogP contribution in [0.2, 0.25) is 0 Å². The highest BCUT2D eigenvalue weighted by molar-refractivity contribution is 5.98. The first-order chi connectivity index (χ1) is 9.11.